The summed E-state index contributed by atoms with van der Waals surface area (Å²) in [5.41, 5.74) is 0.513. The molecule has 6 heteroatoms. The quantitative estimate of drug-likeness (QED) is 0.627. The summed E-state index contributed by atoms with van der Waals surface area (Å²) in [7, 11) is -5.12. The van der Waals surface area contributed by atoms with Gasteiger partial charge in [0, 0.05) is 5.41 Å². The van der Waals surface area contributed by atoms with E-state index in [0.29, 0.717) is 24.7 Å². The van der Waals surface area contributed by atoms with Crippen molar-refractivity contribution in [2.24, 2.45) is 17.3 Å². The van der Waals surface area contributed by atoms with E-state index >= 15 is 0 Å². The van der Waals surface area contributed by atoms with Crippen molar-refractivity contribution < 1.29 is 21.6 Å². The van der Waals surface area contributed by atoms with E-state index in [1.165, 1.54) is 11.1 Å². The Morgan fingerprint density at radius 3 is 2.77 bits per heavy atom. The zero-order chi connectivity index (χ0) is 18.7. The largest absolute Gasteiger partial charge is 0.508 e. The number of hydrogen-bond donors (Lipinski definition) is 1. The maximum atomic E-state index is 13.4. The lowest BCUT2D eigenvalue weighted by Crippen LogP contribution is -2.52. The van der Waals surface area contributed by atoms with Gasteiger partial charge in [0.1, 0.15) is 5.75 Å². The zero-order valence-corrected chi connectivity index (χ0v) is 15.6. The first-order valence-electron chi connectivity index (χ1n) is 9.14. The van der Waals surface area contributed by atoms with E-state index in [0.717, 1.165) is 25.7 Å². The van der Waals surface area contributed by atoms with Crippen LogP contribution in [0.5, 0.6) is 5.75 Å². The third-order valence-electron chi connectivity index (χ3n) is 7.30. The molecule has 4 nitrogen and oxygen atoms in total. The van der Waals surface area contributed by atoms with Crippen molar-refractivity contribution in [3.05, 3.63) is 29.3 Å². The fourth-order valence-corrected chi connectivity index (χ4v) is 6.80. The second-order valence-corrected chi connectivity index (χ2v) is 9.19. The summed E-state index contributed by atoms with van der Waals surface area (Å²) in [6, 6.07) is 5.59. The zero-order valence-electron chi connectivity index (χ0n) is 14.7. The number of halogens is 1. The Hall–Kier alpha value is -1.58. The number of hydrogen-bond acceptors (Lipinski definition) is 4. The van der Waals surface area contributed by atoms with Crippen LogP contribution in [0.25, 0.3) is 0 Å². The molecule has 1 N–H and O–H groups in total. The maximum absolute atomic E-state index is 13.4. The number of benzene rings is 1. The van der Waals surface area contributed by atoms with E-state index < -0.39 is 21.5 Å². The molecule has 2 fully saturated rings. The predicted octanol–water partition coefficient (Wildman–Crippen LogP) is 3.85. The average Bonchev–Trinajstić information content (AvgIpc) is 2.86. The Kier molecular flexibility index (Phi) is 3.91. The molecule has 0 unspecified atom stereocenters. The molecule has 2 saturated carbocycles. The van der Waals surface area contributed by atoms with E-state index in [9.17, 15) is 17.4 Å². The Morgan fingerprint density at radius 2 is 2.08 bits per heavy atom. The first-order valence-corrected chi connectivity index (χ1v) is 10.4. The van der Waals surface area contributed by atoms with Crippen molar-refractivity contribution in [3.8, 4) is 18.1 Å². The third kappa shape index (κ3) is 2.48. The molecule has 0 amide bonds. The van der Waals surface area contributed by atoms with Gasteiger partial charge in [0.15, 0.2) is 5.60 Å². The molecular weight excluding hydrogens is 355 g/mol. The number of fused-ring (bicyclic) bond motifs is 5. The van der Waals surface area contributed by atoms with Crippen LogP contribution < -0.4 is 0 Å². The second kappa shape index (κ2) is 5.71. The van der Waals surface area contributed by atoms with Crippen LogP contribution in [0.15, 0.2) is 18.2 Å². The summed E-state index contributed by atoms with van der Waals surface area (Å²) >= 11 is 0. The van der Waals surface area contributed by atoms with Crippen LogP contribution in [0.1, 0.15) is 56.1 Å². The highest BCUT2D eigenvalue weighted by Gasteiger charge is 2.64. The molecule has 4 rings (SSSR count). The molecular formula is C20H23FO4S. The summed E-state index contributed by atoms with van der Waals surface area (Å²) in [4.78, 5) is 0. The van der Waals surface area contributed by atoms with Gasteiger partial charge < -0.3 is 5.11 Å². The van der Waals surface area contributed by atoms with Gasteiger partial charge in [-0.3, -0.25) is 0 Å². The highest BCUT2D eigenvalue weighted by atomic mass is 32.3. The molecule has 0 aromatic heterocycles. The number of aromatic hydroxyl groups is 1. The number of phenols is 1. The van der Waals surface area contributed by atoms with Gasteiger partial charge in [0.25, 0.3) is 0 Å². The Labute approximate surface area is 154 Å². The maximum Gasteiger partial charge on any atom is 0.439 e. The van der Waals surface area contributed by atoms with Crippen LogP contribution in [0.2, 0.25) is 0 Å². The van der Waals surface area contributed by atoms with E-state index in [1.807, 2.05) is 19.1 Å². The fraction of sp³-hybridized carbons (Fsp3) is 0.600. The molecule has 3 aliphatic rings. The normalized spacial score (nSPS) is 38.7. The molecule has 3 aliphatic carbocycles. The van der Waals surface area contributed by atoms with Crippen molar-refractivity contribution in [1.82, 2.24) is 0 Å². The van der Waals surface area contributed by atoms with Gasteiger partial charge in [0.2, 0.25) is 0 Å². The minimum atomic E-state index is -5.12. The van der Waals surface area contributed by atoms with Gasteiger partial charge in [-0.15, -0.1) is 6.42 Å². The van der Waals surface area contributed by atoms with Crippen LogP contribution in [0.3, 0.4) is 0 Å². The Morgan fingerprint density at radius 1 is 1.31 bits per heavy atom. The van der Waals surface area contributed by atoms with Crippen molar-refractivity contribution in [1.29, 1.82) is 0 Å². The molecule has 140 valence electrons. The molecule has 1 aromatic carbocycles. The second-order valence-electron chi connectivity index (χ2n) is 8.24. The van der Waals surface area contributed by atoms with E-state index in [4.69, 9.17) is 10.6 Å². The van der Waals surface area contributed by atoms with Gasteiger partial charge in [-0.05, 0) is 79.5 Å². The van der Waals surface area contributed by atoms with Crippen LogP contribution in [-0.2, 0) is 21.1 Å². The minimum absolute atomic E-state index is 0.195. The molecule has 0 bridgehead atoms. The summed E-state index contributed by atoms with van der Waals surface area (Å²) < 4.78 is 40.8. The Balaban J connectivity index is 1.71. The minimum Gasteiger partial charge on any atom is -0.508 e. The topological polar surface area (TPSA) is 63.6 Å². The van der Waals surface area contributed by atoms with Crippen molar-refractivity contribution in [2.75, 3.05) is 0 Å². The number of rotatable bonds is 2. The first kappa shape index (κ1) is 17.8. The van der Waals surface area contributed by atoms with Crippen molar-refractivity contribution in [2.45, 2.75) is 57.0 Å². The lowest BCUT2D eigenvalue weighted by Gasteiger charge is -2.52. The predicted molar refractivity (Wildman–Crippen MR) is 95.4 cm³/mol. The number of terminal acetylenes is 1. The molecule has 0 radical (unpaired) electrons. The highest BCUT2D eigenvalue weighted by Crippen LogP contribution is 2.65. The molecule has 0 spiro atoms. The van der Waals surface area contributed by atoms with Crippen molar-refractivity contribution in [3.63, 3.8) is 0 Å². The van der Waals surface area contributed by atoms with E-state index in [2.05, 4.69) is 5.92 Å². The van der Waals surface area contributed by atoms with E-state index in [-0.39, 0.29) is 11.7 Å². The fourth-order valence-electron chi connectivity index (χ4n) is 6.14. The molecule has 0 heterocycles. The average molecular weight is 378 g/mol. The monoisotopic (exact) mass is 378 g/mol. The van der Waals surface area contributed by atoms with Gasteiger partial charge in [-0.2, -0.15) is 8.42 Å². The van der Waals surface area contributed by atoms with Gasteiger partial charge in [-0.25, -0.2) is 4.18 Å². The lowest BCUT2D eigenvalue weighted by atomic mass is 9.53. The molecule has 1 aromatic rings. The lowest BCUT2D eigenvalue weighted by molar-refractivity contribution is -0.0487. The highest BCUT2D eigenvalue weighted by molar-refractivity contribution is 7.81. The molecule has 26 heavy (non-hydrogen) atoms. The summed E-state index contributed by atoms with van der Waals surface area (Å²) in [5, 5.41) is 9.75. The van der Waals surface area contributed by atoms with Crippen molar-refractivity contribution >= 4 is 10.5 Å². The van der Waals surface area contributed by atoms with Gasteiger partial charge in [0.05, 0.1) is 0 Å². The molecule has 0 saturated heterocycles. The van der Waals surface area contributed by atoms with Crippen LogP contribution in [-0.4, -0.2) is 19.1 Å². The third-order valence-corrected chi connectivity index (χ3v) is 7.79. The smallest absolute Gasteiger partial charge is 0.439 e. The van der Waals surface area contributed by atoms with E-state index in [1.54, 1.807) is 6.07 Å². The molecule has 5 atom stereocenters. The van der Waals surface area contributed by atoms with Crippen LogP contribution >= 0.6 is 0 Å². The summed E-state index contributed by atoms with van der Waals surface area (Å²) in [5.74, 6) is 3.74. The summed E-state index contributed by atoms with van der Waals surface area (Å²) in [6.45, 7) is 1.97. The number of phenolic OH excluding ortho intramolecular Hbond substituents is 1. The standard InChI is InChI=1S/C20H23FO4S/c1-3-20(25-26(21,23)24)11-9-18-17-6-4-13-12-14(22)5-7-15(13)16(17)8-10-19(18,20)2/h1,5,7,12,16-18,22H,4,6,8-11H2,2H3/t16-,17-,18+,19+,20+/m1/s1. The van der Waals surface area contributed by atoms with Crippen LogP contribution in [0, 0.1) is 29.6 Å². The van der Waals surface area contributed by atoms with Gasteiger partial charge in [-0.1, -0.05) is 22.8 Å². The van der Waals surface area contributed by atoms with Gasteiger partial charge >= 0.3 is 10.5 Å². The molecule has 0 aliphatic heterocycles. The SMILES string of the molecule is C#C[C@]1(OS(=O)(=O)F)CC[C@H]2[C@@H]3CCc4cc(O)ccc4[C@H]3CC[C@@]21C. The van der Waals surface area contributed by atoms with Crippen LogP contribution in [0.4, 0.5) is 3.89 Å². The summed E-state index contributed by atoms with van der Waals surface area (Å²) in [6.07, 6.45) is 10.2. The first-order chi connectivity index (χ1) is 12.2. The Bertz CT molecular complexity index is 890. The number of aryl methyl sites for hydroxylation is 1.